The second-order valence-electron chi connectivity index (χ2n) is 4.81. The fourth-order valence-corrected chi connectivity index (χ4v) is 2.62. The first-order valence-corrected chi connectivity index (χ1v) is 6.72. The quantitative estimate of drug-likeness (QED) is 0.918. The molecule has 106 valence electrons. The Labute approximate surface area is 117 Å². The molecule has 1 saturated heterocycles. The molecule has 5 heteroatoms. The van der Waals surface area contributed by atoms with E-state index in [0.29, 0.717) is 13.2 Å². The lowest BCUT2D eigenvalue weighted by Crippen LogP contribution is -2.44. The van der Waals surface area contributed by atoms with Gasteiger partial charge in [-0.3, -0.25) is 0 Å². The van der Waals surface area contributed by atoms with Crippen LogP contribution in [0.4, 0.5) is 5.82 Å². The molecule has 1 aromatic carbocycles. The summed E-state index contributed by atoms with van der Waals surface area (Å²) in [4.78, 5) is 6.67. The second-order valence-corrected chi connectivity index (χ2v) is 4.81. The summed E-state index contributed by atoms with van der Waals surface area (Å²) in [5.41, 5.74) is 0. The number of methoxy groups -OCH3 is 1. The number of benzene rings is 1. The summed E-state index contributed by atoms with van der Waals surface area (Å²) in [6, 6.07) is 7.92. The van der Waals surface area contributed by atoms with Crippen molar-refractivity contribution in [1.82, 2.24) is 4.98 Å². The lowest BCUT2D eigenvalue weighted by atomic mass is 10.1. The zero-order chi connectivity index (χ0) is 13.9. The number of aliphatic hydroxyl groups is 1. The number of rotatable bonds is 3. The van der Waals surface area contributed by atoms with Crippen LogP contribution in [0.2, 0.25) is 0 Å². The molecular formula is C15H18N2O3. The summed E-state index contributed by atoms with van der Waals surface area (Å²) >= 11 is 0. The van der Waals surface area contributed by atoms with E-state index in [4.69, 9.17) is 9.47 Å². The molecule has 2 heterocycles. The summed E-state index contributed by atoms with van der Waals surface area (Å²) in [6.45, 7) is 2.07. The van der Waals surface area contributed by atoms with Crippen LogP contribution in [0.25, 0.3) is 10.8 Å². The standard InChI is InChI=1S/C15H18N2O3/c1-19-14-4-2-3-13-12(14)5-6-16-15(13)17-7-8-20-11(9-17)10-18/h2-6,11,18H,7-10H2,1H3. The van der Waals surface area contributed by atoms with Crippen molar-refractivity contribution in [3.8, 4) is 5.75 Å². The molecule has 1 atom stereocenters. The van der Waals surface area contributed by atoms with Gasteiger partial charge >= 0.3 is 0 Å². The molecule has 1 fully saturated rings. The molecule has 0 bridgehead atoms. The van der Waals surface area contributed by atoms with Crippen LogP contribution in [-0.4, -0.2) is 49.6 Å². The van der Waals surface area contributed by atoms with Gasteiger partial charge in [-0.15, -0.1) is 0 Å². The van der Waals surface area contributed by atoms with Gasteiger partial charge in [0.25, 0.3) is 0 Å². The second kappa shape index (κ2) is 5.64. The molecule has 0 spiro atoms. The smallest absolute Gasteiger partial charge is 0.136 e. The summed E-state index contributed by atoms with van der Waals surface area (Å²) in [5, 5.41) is 11.4. The Balaban J connectivity index is 2.03. The summed E-state index contributed by atoms with van der Waals surface area (Å²) in [7, 11) is 1.67. The highest BCUT2D eigenvalue weighted by Crippen LogP contribution is 2.31. The maximum absolute atomic E-state index is 9.26. The van der Waals surface area contributed by atoms with E-state index in [9.17, 15) is 5.11 Å². The molecule has 1 aliphatic rings. The Bertz CT molecular complexity index is 603. The van der Waals surface area contributed by atoms with E-state index < -0.39 is 0 Å². The summed E-state index contributed by atoms with van der Waals surface area (Å²) in [6.07, 6.45) is 1.65. The molecule has 5 nitrogen and oxygen atoms in total. The van der Waals surface area contributed by atoms with Crippen LogP contribution in [0.15, 0.2) is 30.5 Å². The average Bonchev–Trinajstić information content (AvgIpc) is 2.53. The third kappa shape index (κ3) is 2.30. The van der Waals surface area contributed by atoms with Crippen molar-refractivity contribution in [2.45, 2.75) is 6.10 Å². The predicted molar refractivity (Wildman–Crippen MR) is 77.3 cm³/mol. The zero-order valence-electron chi connectivity index (χ0n) is 11.5. The monoisotopic (exact) mass is 274 g/mol. The molecule has 0 radical (unpaired) electrons. The number of ether oxygens (including phenoxy) is 2. The van der Waals surface area contributed by atoms with E-state index in [1.54, 1.807) is 13.3 Å². The van der Waals surface area contributed by atoms with Crippen molar-refractivity contribution in [1.29, 1.82) is 0 Å². The van der Waals surface area contributed by atoms with Gasteiger partial charge in [-0.05, 0) is 12.1 Å². The van der Waals surface area contributed by atoms with Crippen LogP contribution >= 0.6 is 0 Å². The Morgan fingerprint density at radius 2 is 2.30 bits per heavy atom. The number of hydrogen-bond donors (Lipinski definition) is 1. The molecule has 0 saturated carbocycles. The summed E-state index contributed by atoms with van der Waals surface area (Å²) < 4.78 is 10.9. The molecule has 1 aliphatic heterocycles. The van der Waals surface area contributed by atoms with Gasteiger partial charge in [-0.2, -0.15) is 0 Å². The maximum atomic E-state index is 9.26. The fraction of sp³-hybridized carbons (Fsp3) is 0.400. The van der Waals surface area contributed by atoms with E-state index in [-0.39, 0.29) is 12.7 Å². The molecule has 1 aromatic heterocycles. The highest BCUT2D eigenvalue weighted by atomic mass is 16.5. The van der Waals surface area contributed by atoms with Gasteiger partial charge in [0.1, 0.15) is 11.6 Å². The maximum Gasteiger partial charge on any atom is 0.136 e. The van der Waals surface area contributed by atoms with Crippen LogP contribution in [0, 0.1) is 0 Å². The van der Waals surface area contributed by atoms with Gasteiger partial charge in [0.15, 0.2) is 0 Å². The number of anilines is 1. The minimum atomic E-state index is -0.147. The summed E-state index contributed by atoms with van der Waals surface area (Å²) in [5.74, 6) is 1.77. The first-order valence-electron chi connectivity index (χ1n) is 6.72. The third-order valence-corrected chi connectivity index (χ3v) is 3.61. The van der Waals surface area contributed by atoms with Crippen LogP contribution < -0.4 is 9.64 Å². The first kappa shape index (κ1) is 13.1. The van der Waals surface area contributed by atoms with E-state index in [1.165, 1.54) is 0 Å². The minimum absolute atomic E-state index is 0.0323. The number of aliphatic hydroxyl groups excluding tert-OH is 1. The van der Waals surface area contributed by atoms with Crippen LogP contribution in [0.5, 0.6) is 5.75 Å². The van der Waals surface area contributed by atoms with Gasteiger partial charge in [-0.25, -0.2) is 4.98 Å². The highest BCUT2D eigenvalue weighted by Gasteiger charge is 2.22. The lowest BCUT2D eigenvalue weighted by molar-refractivity contribution is 0.00344. The van der Waals surface area contributed by atoms with Gasteiger partial charge in [0, 0.05) is 30.1 Å². The minimum Gasteiger partial charge on any atom is -0.496 e. The molecular weight excluding hydrogens is 256 g/mol. The van der Waals surface area contributed by atoms with Crippen LogP contribution in [0.3, 0.4) is 0 Å². The zero-order valence-corrected chi connectivity index (χ0v) is 11.5. The Morgan fingerprint density at radius 1 is 1.40 bits per heavy atom. The number of hydrogen-bond acceptors (Lipinski definition) is 5. The molecule has 1 N–H and O–H groups in total. The number of pyridine rings is 1. The van der Waals surface area contributed by atoms with Crippen LogP contribution in [0.1, 0.15) is 0 Å². The normalized spacial score (nSPS) is 19.3. The SMILES string of the molecule is COc1cccc2c(N3CCOC(CO)C3)nccc12. The topological polar surface area (TPSA) is 54.8 Å². The van der Waals surface area contributed by atoms with Crippen molar-refractivity contribution >= 4 is 16.6 Å². The van der Waals surface area contributed by atoms with Crippen molar-refractivity contribution in [3.63, 3.8) is 0 Å². The Morgan fingerprint density at radius 3 is 3.10 bits per heavy atom. The van der Waals surface area contributed by atoms with Crippen molar-refractivity contribution in [3.05, 3.63) is 30.5 Å². The first-order chi connectivity index (χ1) is 9.83. The van der Waals surface area contributed by atoms with Gasteiger partial charge in [0.05, 0.1) is 26.4 Å². The number of fused-ring (bicyclic) bond motifs is 1. The fourth-order valence-electron chi connectivity index (χ4n) is 2.62. The molecule has 20 heavy (non-hydrogen) atoms. The van der Waals surface area contributed by atoms with E-state index in [1.807, 2.05) is 24.3 Å². The molecule has 0 aliphatic carbocycles. The third-order valence-electron chi connectivity index (χ3n) is 3.61. The highest BCUT2D eigenvalue weighted by molar-refractivity contribution is 5.96. The Kier molecular flexibility index (Phi) is 3.71. The van der Waals surface area contributed by atoms with Gasteiger partial charge in [-0.1, -0.05) is 12.1 Å². The van der Waals surface area contributed by atoms with Crippen molar-refractivity contribution < 1.29 is 14.6 Å². The van der Waals surface area contributed by atoms with Gasteiger partial charge in [0.2, 0.25) is 0 Å². The van der Waals surface area contributed by atoms with Crippen LogP contribution in [-0.2, 0) is 4.74 Å². The van der Waals surface area contributed by atoms with Crippen molar-refractivity contribution in [2.24, 2.45) is 0 Å². The Hall–Kier alpha value is -1.85. The van der Waals surface area contributed by atoms with E-state index in [0.717, 1.165) is 28.9 Å². The van der Waals surface area contributed by atoms with Gasteiger partial charge < -0.3 is 19.5 Å². The molecule has 0 amide bonds. The number of aromatic nitrogens is 1. The number of morpholine rings is 1. The lowest BCUT2D eigenvalue weighted by Gasteiger charge is -2.33. The average molecular weight is 274 g/mol. The largest absolute Gasteiger partial charge is 0.496 e. The molecule has 2 aromatic rings. The van der Waals surface area contributed by atoms with Crippen molar-refractivity contribution in [2.75, 3.05) is 38.3 Å². The number of nitrogens with zero attached hydrogens (tertiary/aromatic N) is 2. The molecule has 1 unspecified atom stereocenters. The van der Waals surface area contributed by atoms with E-state index in [2.05, 4.69) is 9.88 Å². The predicted octanol–water partition coefficient (Wildman–Crippen LogP) is 1.44. The molecule has 3 rings (SSSR count). The van der Waals surface area contributed by atoms with E-state index >= 15 is 0 Å².